The highest BCUT2D eigenvalue weighted by atomic mass is 32.2. The predicted molar refractivity (Wildman–Crippen MR) is 107 cm³/mol. The zero-order valence-corrected chi connectivity index (χ0v) is 17.7. The number of nitrogens with one attached hydrogen (secondary N) is 1. The number of hydrogen-bond donors (Lipinski definition) is 1. The molecule has 1 aromatic carbocycles. The van der Waals surface area contributed by atoms with Crippen LogP contribution in [0.25, 0.3) is 0 Å². The third kappa shape index (κ3) is 5.22. The van der Waals surface area contributed by atoms with Gasteiger partial charge in [0.05, 0.1) is 23.1 Å². The van der Waals surface area contributed by atoms with Crippen molar-refractivity contribution in [3.8, 4) is 0 Å². The molecule has 1 aliphatic heterocycles. The first-order chi connectivity index (χ1) is 11.8. The summed E-state index contributed by atoms with van der Waals surface area (Å²) in [7, 11) is 0.257. The maximum absolute atomic E-state index is 11.7. The SMILES string of the molecule is CN(C)CCCc1cc(B2OC(C)(C)C(C)(C)O2)ccc1NS(C)(=O)=O. The fourth-order valence-corrected chi connectivity index (χ4v) is 3.43. The second kappa shape index (κ2) is 7.50. The van der Waals surface area contributed by atoms with E-state index in [1.807, 2.05) is 53.9 Å². The lowest BCUT2D eigenvalue weighted by Gasteiger charge is -2.32. The second-order valence-electron chi connectivity index (χ2n) is 8.29. The molecule has 146 valence electrons. The lowest BCUT2D eigenvalue weighted by atomic mass is 9.78. The fraction of sp³-hybridized carbons (Fsp3) is 0.667. The average molecular weight is 382 g/mol. The van der Waals surface area contributed by atoms with Crippen LogP contribution in [-0.4, -0.2) is 58.5 Å². The number of aryl methyl sites for hydroxylation is 1. The highest BCUT2D eigenvalue weighted by molar-refractivity contribution is 7.92. The van der Waals surface area contributed by atoms with E-state index in [1.165, 1.54) is 6.26 Å². The van der Waals surface area contributed by atoms with Gasteiger partial charge in [0.2, 0.25) is 10.0 Å². The summed E-state index contributed by atoms with van der Waals surface area (Å²) in [6, 6.07) is 5.66. The predicted octanol–water partition coefficient (Wildman–Crippen LogP) is 1.85. The molecule has 1 saturated heterocycles. The number of anilines is 1. The molecule has 0 saturated carbocycles. The molecule has 1 aromatic rings. The van der Waals surface area contributed by atoms with Crippen molar-refractivity contribution >= 4 is 28.3 Å². The van der Waals surface area contributed by atoms with Gasteiger partial charge in [-0.3, -0.25) is 4.72 Å². The van der Waals surface area contributed by atoms with Gasteiger partial charge >= 0.3 is 7.12 Å². The molecule has 8 heteroatoms. The quantitative estimate of drug-likeness (QED) is 0.729. The van der Waals surface area contributed by atoms with Crippen LogP contribution in [0.15, 0.2) is 18.2 Å². The van der Waals surface area contributed by atoms with E-state index in [1.54, 1.807) is 6.07 Å². The number of rotatable bonds is 7. The van der Waals surface area contributed by atoms with Gasteiger partial charge in [0.15, 0.2) is 0 Å². The molecule has 1 fully saturated rings. The number of nitrogens with zero attached hydrogens (tertiary/aromatic N) is 1. The normalized spacial score (nSPS) is 19.2. The Balaban J connectivity index is 2.29. The number of hydrogen-bond acceptors (Lipinski definition) is 5. The van der Waals surface area contributed by atoms with E-state index in [-0.39, 0.29) is 0 Å². The van der Waals surface area contributed by atoms with Gasteiger partial charge in [-0.2, -0.15) is 0 Å². The first-order valence-corrected chi connectivity index (χ1v) is 10.8. The van der Waals surface area contributed by atoms with E-state index in [9.17, 15) is 8.42 Å². The summed E-state index contributed by atoms with van der Waals surface area (Å²) in [6.45, 7) is 9.00. The minimum absolute atomic E-state index is 0.410. The van der Waals surface area contributed by atoms with Crippen molar-refractivity contribution in [3.05, 3.63) is 23.8 Å². The van der Waals surface area contributed by atoms with Crippen molar-refractivity contribution in [1.29, 1.82) is 0 Å². The highest BCUT2D eigenvalue weighted by Crippen LogP contribution is 2.36. The zero-order chi connectivity index (χ0) is 19.8. The van der Waals surface area contributed by atoms with E-state index in [4.69, 9.17) is 9.31 Å². The van der Waals surface area contributed by atoms with Crippen molar-refractivity contribution in [3.63, 3.8) is 0 Å². The first-order valence-electron chi connectivity index (χ1n) is 8.92. The lowest BCUT2D eigenvalue weighted by Crippen LogP contribution is -2.41. The summed E-state index contributed by atoms with van der Waals surface area (Å²) in [5, 5.41) is 0. The van der Waals surface area contributed by atoms with Gasteiger partial charge < -0.3 is 14.2 Å². The Bertz CT molecular complexity index is 732. The molecule has 0 amide bonds. The van der Waals surface area contributed by atoms with E-state index < -0.39 is 28.3 Å². The van der Waals surface area contributed by atoms with Gasteiger partial charge in [0.1, 0.15) is 0 Å². The van der Waals surface area contributed by atoms with Gasteiger partial charge in [-0.1, -0.05) is 12.1 Å². The van der Waals surface area contributed by atoms with Crippen molar-refractivity contribution < 1.29 is 17.7 Å². The van der Waals surface area contributed by atoms with Crippen LogP contribution in [0.1, 0.15) is 39.7 Å². The van der Waals surface area contributed by atoms with Crippen molar-refractivity contribution in [1.82, 2.24) is 4.90 Å². The number of sulfonamides is 1. The van der Waals surface area contributed by atoms with Crippen LogP contribution in [-0.2, 0) is 25.8 Å². The summed E-state index contributed by atoms with van der Waals surface area (Å²) < 4.78 is 38.2. The van der Waals surface area contributed by atoms with Crippen molar-refractivity contribution in [2.75, 3.05) is 31.6 Å². The molecule has 1 heterocycles. The average Bonchev–Trinajstić information content (AvgIpc) is 2.67. The van der Waals surface area contributed by atoms with E-state index in [0.717, 1.165) is 30.4 Å². The Morgan fingerprint density at radius 2 is 1.69 bits per heavy atom. The van der Waals surface area contributed by atoms with E-state index in [0.29, 0.717) is 5.69 Å². The third-order valence-corrected chi connectivity index (χ3v) is 5.59. The van der Waals surface area contributed by atoms with Crippen LogP contribution in [0, 0.1) is 0 Å². The largest absolute Gasteiger partial charge is 0.494 e. The highest BCUT2D eigenvalue weighted by Gasteiger charge is 2.51. The Hall–Kier alpha value is -1.09. The van der Waals surface area contributed by atoms with Crippen LogP contribution in [0.3, 0.4) is 0 Å². The van der Waals surface area contributed by atoms with Crippen molar-refractivity contribution in [2.45, 2.75) is 51.7 Å². The molecule has 1 N–H and O–H groups in total. The monoisotopic (exact) mass is 382 g/mol. The second-order valence-corrected chi connectivity index (χ2v) is 10.0. The Morgan fingerprint density at radius 3 is 2.19 bits per heavy atom. The van der Waals surface area contributed by atoms with Crippen LogP contribution >= 0.6 is 0 Å². The molecule has 1 aliphatic rings. The molecule has 26 heavy (non-hydrogen) atoms. The minimum Gasteiger partial charge on any atom is -0.399 e. The molecular weight excluding hydrogens is 351 g/mol. The molecule has 2 rings (SSSR count). The molecule has 0 unspecified atom stereocenters. The molecule has 0 bridgehead atoms. The number of benzene rings is 1. The van der Waals surface area contributed by atoms with Crippen LogP contribution < -0.4 is 10.2 Å². The van der Waals surface area contributed by atoms with Crippen molar-refractivity contribution in [2.24, 2.45) is 0 Å². The van der Waals surface area contributed by atoms with Crippen LogP contribution in [0.4, 0.5) is 5.69 Å². The molecular formula is C18H31BN2O4S. The van der Waals surface area contributed by atoms with Gasteiger partial charge in [-0.15, -0.1) is 0 Å². The Labute approximate surface area is 158 Å². The molecule has 0 atom stereocenters. The lowest BCUT2D eigenvalue weighted by molar-refractivity contribution is 0.00578. The summed E-state index contributed by atoms with van der Waals surface area (Å²) in [6.07, 6.45) is 2.86. The maximum Gasteiger partial charge on any atom is 0.494 e. The smallest absolute Gasteiger partial charge is 0.399 e. The molecule has 6 nitrogen and oxygen atoms in total. The van der Waals surface area contributed by atoms with Gasteiger partial charge in [0.25, 0.3) is 0 Å². The topological polar surface area (TPSA) is 67.9 Å². The Morgan fingerprint density at radius 1 is 1.12 bits per heavy atom. The molecule has 0 spiro atoms. The van der Waals surface area contributed by atoms with E-state index >= 15 is 0 Å². The summed E-state index contributed by atoms with van der Waals surface area (Å²) in [5.74, 6) is 0. The summed E-state index contributed by atoms with van der Waals surface area (Å²) >= 11 is 0. The Kier molecular flexibility index (Phi) is 6.12. The van der Waals surface area contributed by atoms with Gasteiger partial charge in [-0.05, 0) is 78.3 Å². The van der Waals surface area contributed by atoms with E-state index in [2.05, 4.69) is 9.62 Å². The van der Waals surface area contributed by atoms with Crippen LogP contribution in [0.5, 0.6) is 0 Å². The molecule has 0 radical (unpaired) electrons. The van der Waals surface area contributed by atoms with Gasteiger partial charge in [0, 0.05) is 0 Å². The maximum atomic E-state index is 11.7. The first kappa shape index (κ1) is 21.2. The minimum atomic E-state index is -3.33. The summed E-state index contributed by atoms with van der Waals surface area (Å²) in [5.41, 5.74) is 1.65. The molecule has 0 aliphatic carbocycles. The van der Waals surface area contributed by atoms with Crippen LogP contribution in [0.2, 0.25) is 0 Å². The third-order valence-electron chi connectivity index (χ3n) is 5.00. The standard InChI is InChI=1S/C18H31BN2O4S/c1-17(2)18(3,4)25-19(24-17)15-10-11-16(20-26(7,22)23)14(13-15)9-8-12-21(5)6/h10-11,13,20H,8-9,12H2,1-7H3. The fourth-order valence-electron chi connectivity index (χ4n) is 2.83. The summed E-state index contributed by atoms with van der Waals surface area (Å²) in [4.78, 5) is 2.11. The molecule has 0 aromatic heterocycles. The van der Waals surface area contributed by atoms with Gasteiger partial charge in [-0.25, -0.2) is 8.42 Å². The zero-order valence-electron chi connectivity index (χ0n) is 16.9.